The molecule has 0 spiro atoms. The van der Waals surface area contributed by atoms with Crippen molar-refractivity contribution in [1.82, 2.24) is 14.9 Å². The van der Waals surface area contributed by atoms with Gasteiger partial charge >= 0.3 is 0 Å². The van der Waals surface area contributed by atoms with Crippen molar-refractivity contribution < 1.29 is 13.2 Å². The van der Waals surface area contributed by atoms with E-state index < -0.39 is 10.0 Å². The molecule has 6 nitrogen and oxygen atoms in total. The molecule has 1 aromatic carbocycles. The minimum Gasteiger partial charge on any atom is -0.350 e. The third-order valence-corrected chi connectivity index (χ3v) is 6.58. The summed E-state index contributed by atoms with van der Waals surface area (Å²) in [5.74, 6) is -0.256. The number of piperidine rings is 1. The summed E-state index contributed by atoms with van der Waals surface area (Å²) in [6.45, 7) is 7.80. The minimum absolute atomic E-state index is 0. The van der Waals surface area contributed by atoms with Crippen LogP contribution in [0.2, 0.25) is 0 Å². The lowest BCUT2D eigenvalue weighted by molar-refractivity contribution is 0.0950. The zero-order valence-corrected chi connectivity index (χ0v) is 17.3. The van der Waals surface area contributed by atoms with Crippen molar-refractivity contribution in [2.45, 2.75) is 57.0 Å². The zero-order chi connectivity index (χ0) is 18.4. The van der Waals surface area contributed by atoms with Gasteiger partial charge in [0.25, 0.3) is 5.91 Å². The Kier molecular flexibility index (Phi) is 9.03. The Morgan fingerprint density at radius 2 is 2.08 bits per heavy atom. The molecule has 148 valence electrons. The van der Waals surface area contributed by atoms with E-state index in [0.29, 0.717) is 18.7 Å². The number of carbonyl (C=O) groups is 1. The fourth-order valence-corrected chi connectivity index (χ4v) is 4.88. The number of hydrogen-bond acceptors (Lipinski definition) is 4. The van der Waals surface area contributed by atoms with Gasteiger partial charge in [-0.1, -0.05) is 19.4 Å². The van der Waals surface area contributed by atoms with E-state index in [2.05, 4.69) is 10.6 Å². The highest BCUT2D eigenvalue weighted by atomic mass is 35.5. The zero-order valence-electron chi connectivity index (χ0n) is 15.7. The molecule has 1 amide bonds. The summed E-state index contributed by atoms with van der Waals surface area (Å²) in [4.78, 5) is 12.5. The molecule has 1 aliphatic heterocycles. The van der Waals surface area contributed by atoms with Crippen LogP contribution in [0.4, 0.5) is 0 Å². The first-order valence-electron chi connectivity index (χ1n) is 8.99. The van der Waals surface area contributed by atoms with Gasteiger partial charge in [-0.25, -0.2) is 8.42 Å². The van der Waals surface area contributed by atoms with E-state index in [1.807, 2.05) is 20.8 Å². The predicted molar refractivity (Wildman–Crippen MR) is 106 cm³/mol. The van der Waals surface area contributed by atoms with Gasteiger partial charge in [0, 0.05) is 30.7 Å². The standard InChI is InChI=1S/C18H29N3O3S.ClH/c1-4-19-14(2)13-20-18(22)16-9-7-10-17(12-16)25(23,24)21-11-6-5-8-15(21)3;/h7,9-10,12,14-15,19H,4-6,8,11,13H2,1-3H3,(H,20,22);1H/t14-,15?;/m1./s1. The van der Waals surface area contributed by atoms with Gasteiger partial charge in [0.05, 0.1) is 4.90 Å². The molecule has 0 saturated carbocycles. The van der Waals surface area contributed by atoms with Crippen LogP contribution in [-0.2, 0) is 10.0 Å². The SMILES string of the molecule is CCN[C@H](C)CNC(=O)c1cccc(S(=O)(=O)N2CCCCC2C)c1.Cl. The van der Waals surface area contributed by atoms with E-state index in [9.17, 15) is 13.2 Å². The van der Waals surface area contributed by atoms with Crippen molar-refractivity contribution in [3.63, 3.8) is 0 Å². The number of carbonyl (C=O) groups excluding carboxylic acids is 1. The van der Waals surface area contributed by atoms with Crippen molar-refractivity contribution in [1.29, 1.82) is 0 Å². The van der Waals surface area contributed by atoms with Crippen molar-refractivity contribution in [2.75, 3.05) is 19.6 Å². The lowest BCUT2D eigenvalue weighted by Gasteiger charge is -2.32. The Morgan fingerprint density at radius 1 is 1.35 bits per heavy atom. The number of amides is 1. The molecule has 2 N–H and O–H groups in total. The van der Waals surface area contributed by atoms with E-state index in [4.69, 9.17) is 0 Å². The van der Waals surface area contributed by atoms with E-state index in [1.54, 1.807) is 22.5 Å². The van der Waals surface area contributed by atoms with Gasteiger partial charge in [0.15, 0.2) is 0 Å². The monoisotopic (exact) mass is 403 g/mol. The third-order valence-electron chi connectivity index (χ3n) is 4.57. The Hall–Kier alpha value is -1.15. The van der Waals surface area contributed by atoms with E-state index in [0.717, 1.165) is 25.8 Å². The molecule has 2 rings (SSSR count). The minimum atomic E-state index is -3.57. The summed E-state index contributed by atoms with van der Waals surface area (Å²) >= 11 is 0. The number of sulfonamides is 1. The van der Waals surface area contributed by atoms with Crippen LogP contribution >= 0.6 is 12.4 Å². The fourth-order valence-electron chi connectivity index (χ4n) is 3.13. The summed E-state index contributed by atoms with van der Waals surface area (Å²) in [5.41, 5.74) is 0.370. The lowest BCUT2D eigenvalue weighted by Crippen LogP contribution is -2.42. The Labute approximate surface area is 163 Å². The lowest BCUT2D eigenvalue weighted by atomic mass is 10.1. The van der Waals surface area contributed by atoms with Crippen LogP contribution in [0.25, 0.3) is 0 Å². The van der Waals surface area contributed by atoms with Crippen LogP contribution in [-0.4, -0.2) is 50.3 Å². The number of benzene rings is 1. The number of rotatable bonds is 7. The first-order chi connectivity index (χ1) is 11.9. The van der Waals surface area contributed by atoms with Crippen molar-refractivity contribution in [2.24, 2.45) is 0 Å². The molecular formula is C18H30ClN3O3S. The topological polar surface area (TPSA) is 78.5 Å². The average Bonchev–Trinajstić information content (AvgIpc) is 2.60. The summed E-state index contributed by atoms with van der Waals surface area (Å²) < 4.78 is 27.4. The average molecular weight is 404 g/mol. The van der Waals surface area contributed by atoms with E-state index in [1.165, 1.54) is 6.07 Å². The van der Waals surface area contributed by atoms with Crippen LogP contribution in [0.15, 0.2) is 29.2 Å². The molecule has 1 heterocycles. The molecule has 1 aromatic rings. The highest BCUT2D eigenvalue weighted by Gasteiger charge is 2.31. The molecule has 1 unspecified atom stereocenters. The maximum Gasteiger partial charge on any atom is 0.251 e. The van der Waals surface area contributed by atoms with E-state index >= 15 is 0 Å². The third kappa shape index (κ3) is 5.67. The first kappa shape index (κ1) is 22.9. The molecule has 1 saturated heterocycles. The molecule has 0 bridgehead atoms. The fraction of sp³-hybridized carbons (Fsp3) is 0.611. The molecular weight excluding hydrogens is 374 g/mol. The van der Waals surface area contributed by atoms with Gasteiger partial charge < -0.3 is 10.6 Å². The first-order valence-corrected chi connectivity index (χ1v) is 10.4. The molecule has 0 aromatic heterocycles. The van der Waals surface area contributed by atoms with Gasteiger partial charge in [0.2, 0.25) is 10.0 Å². The largest absolute Gasteiger partial charge is 0.350 e. The Balaban J connectivity index is 0.00000338. The van der Waals surface area contributed by atoms with Crippen LogP contribution in [0.1, 0.15) is 50.4 Å². The summed E-state index contributed by atoms with van der Waals surface area (Å²) in [6.07, 6.45) is 2.81. The van der Waals surface area contributed by atoms with Crippen molar-refractivity contribution in [3.8, 4) is 0 Å². The smallest absolute Gasteiger partial charge is 0.251 e. The predicted octanol–water partition coefficient (Wildman–Crippen LogP) is 2.40. The second kappa shape index (κ2) is 10.3. The summed E-state index contributed by atoms with van der Waals surface area (Å²) in [5, 5.41) is 6.06. The summed E-state index contributed by atoms with van der Waals surface area (Å²) in [7, 11) is -3.57. The normalized spacial score (nSPS) is 19.4. The molecule has 2 atom stereocenters. The van der Waals surface area contributed by atoms with Gasteiger partial charge in [-0.3, -0.25) is 4.79 Å². The highest BCUT2D eigenvalue weighted by Crippen LogP contribution is 2.25. The molecule has 8 heteroatoms. The van der Waals surface area contributed by atoms with Gasteiger partial charge in [-0.05, 0) is 51.4 Å². The van der Waals surface area contributed by atoms with Crippen LogP contribution in [0.3, 0.4) is 0 Å². The number of hydrogen-bond donors (Lipinski definition) is 2. The van der Waals surface area contributed by atoms with Crippen LogP contribution in [0, 0.1) is 0 Å². The van der Waals surface area contributed by atoms with Crippen LogP contribution in [0.5, 0.6) is 0 Å². The maximum atomic E-state index is 12.9. The Bertz CT molecular complexity index is 697. The van der Waals surface area contributed by atoms with Gasteiger partial charge in [0.1, 0.15) is 0 Å². The number of nitrogens with zero attached hydrogens (tertiary/aromatic N) is 1. The van der Waals surface area contributed by atoms with Crippen molar-refractivity contribution in [3.05, 3.63) is 29.8 Å². The maximum absolute atomic E-state index is 12.9. The molecule has 26 heavy (non-hydrogen) atoms. The number of likely N-dealkylation sites (N-methyl/N-ethyl adjacent to an activating group) is 1. The second-order valence-electron chi connectivity index (χ2n) is 6.66. The molecule has 1 aliphatic rings. The second-order valence-corrected chi connectivity index (χ2v) is 8.55. The molecule has 0 radical (unpaired) electrons. The summed E-state index contributed by atoms with van der Waals surface area (Å²) in [6, 6.07) is 6.47. The van der Waals surface area contributed by atoms with E-state index in [-0.39, 0.29) is 35.3 Å². The Morgan fingerprint density at radius 3 is 2.73 bits per heavy atom. The molecule has 1 fully saturated rings. The quantitative estimate of drug-likeness (QED) is 0.732. The van der Waals surface area contributed by atoms with Gasteiger partial charge in [-0.2, -0.15) is 4.31 Å². The number of halogens is 1. The molecule has 0 aliphatic carbocycles. The number of nitrogens with one attached hydrogen (secondary N) is 2. The highest BCUT2D eigenvalue weighted by molar-refractivity contribution is 7.89. The van der Waals surface area contributed by atoms with Crippen molar-refractivity contribution >= 4 is 28.3 Å². The van der Waals surface area contributed by atoms with Crippen LogP contribution < -0.4 is 10.6 Å². The van der Waals surface area contributed by atoms with Gasteiger partial charge in [-0.15, -0.1) is 12.4 Å².